The lowest BCUT2D eigenvalue weighted by atomic mass is 10.2. The SMILES string of the molecule is C=CCOc1c(Br)cccc1CNCC(C)C. The van der Waals surface area contributed by atoms with E-state index in [2.05, 4.69) is 47.7 Å². The molecule has 0 aliphatic carbocycles. The van der Waals surface area contributed by atoms with Crippen LogP contribution in [0.1, 0.15) is 19.4 Å². The van der Waals surface area contributed by atoms with Gasteiger partial charge in [0.2, 0.25) is 0 Å². The summed E-state index contributed by atoms with van der Waals surface area (Å²) in [4.78, 5) is 0. The molecule has 1 aromatic rings. The van der Waals surface area contributed by atoms with Crippen molar-refractivity contribution >= 4 is 15.9 Å². The van der Waals surface area contributed by atoms with Gasteiger partial charge >= 0.3 is 0 Å². The van der Waals surface area contributed by atoms with E-state index in [4.69, 9.17) is 4.74 Å². The van der Waals surface area contributed by atoms with E-state index in [1.165, 1.54) is 5.56 Å². The summed E-state index contributed by atoms with van der Waals surface area (Å²) >= 11 is 3.51. The normalized spacial score (nSPS) is 10.6. The molecule has 0 radical (unpaired) electrons. The summed E-state index contributed by atoms with van der Waals surface area (Å²) in [5.41, 5.74) is 1.17. The summed E-state index contributed by atoms with van der Waals surface area (Å²) in [6, 6.07) is 6.10. The first-order valence-electron chi connectivity index (χ1n) is 5.87. The van der Waals surface area contributed by atoms with Gasteiger partial charge in [0.05, 0.1) is 4.47 Å². The molecular formula is C14H20BrNO. The molecule has 0 fully saturated rings. The fourth-order valence-corrected chi connectivity index (χ4v) is 2.01. The number of hydrogen-bond acceptors (Lipinski definition) is 2. The molecule has 0 atom stereocenters. The molecule has 0 unspecified atom stereocenters. The van der Waals surface area contributed by atoms with Gasteiger partial charge in [0, 0.05) is 12.1 Å². The average molecular weight is 298 g/mol. The highest BCUT2D eigenvalue weighted by molar-refractivity contribution is 9.10. The van der Waals surface area contributed by atoms with Gasteiger partial charge in [0.15, 0.2) is 0 Å². The molecule has 0 aromatic heterocycles. The van der Waals surface area contributed by atoms with Crippen LogP contribution >= 0.6 is 15.9 Å². The van der Waals surface area contributed by atoms with Crippen molar-refractivity contribution in [3.05, 3.63) is 40.9 Å². The maximum atomic E-state index is 5.67. The Kier molecular flexibility index (Phi) is 6.30. The molecule has 3 heteroatoms. The third-order valence-electron chi connectivity index (χ3n) is 2.26. The molecular weight excluding hydrogens is 278 g/mol. The van der Waals surface area contributed by atoms with E-state index in [-0.39, 0.29) is 0 Å². The largest absolute Gasteiger partial charge is 0.488 e. The monoisotopic (exact) mass is 297 g/mol. The lowest BCUT2D eigenvalue weighted by Crippen LogP contribution is -2.19. The van der Waals surface area contributed by atoms with Crippen molar-refractivity contribution in [1.29, 1.82) is 0 Å². The Morgan fingerprint density at radius 3 is 2.88 bits per heavy atom. The highest BCUT2D eigenvalue weighted by Gasteiger charge is 2.07. The quantitative estimate of drug-likeness (QED) is 0.774. The van der Waals surface area contributed by atoms with E-state index in [1.807, 2.05) is 12.1 Å². The third-order valence-corrected chi connectivity index (χ3v) is 2.89. The van der Waals surface area contributed by atoms with Gasteiger partial charge in [-0.15, -0.1) is 0 Å². The second-order valence-corrected chi connectivity index (χ2v) is 5.21. The Balaban J connectivity index is 2.68. The molecule has 0 amide bonds. The first-order chi connectivity index (χ1) is 8.15. The number of nitrogens with one attached hydrogen (secondary N) is 1. The molecule has 0 heterocycles. The molecule has 1 rings (SSSR count). The number of para-hydroxylation sites is 1. The first kappa shape index (κ1) is 14.3. The van der Waals surface area contributed by atoms with E-state index < -0.39 is 0 Å². The van der Waals surface area contributed by atoms with E-state index in [0.29, 0.717) is 12.5 Å². The van der Waals surface area contributed by atoms with Crippen LogP contribution in [-0.2, 0) is 6.54 Å². The molecule has 2 nitrogen and oxygen atoms in total. The smallest absolute Gasteiger partial charge is 0.138 e. The van der Waals surface area contributed by atoms with E-state index in [0.717, 1.165) is 23.3 Å². The molecule has 0 aliphatic rings. The lowest BCUT2D eigenvalue weighted by molar-refractivity contribution is 0.355. The Labute approximate surface area is 112 Å². The van der Waals surface area contributed by atoms with Gasteiger partial charge in [0.1, 0.15) is 12.4 Å². The molecule has 17 heavy (non-hydrogen) atoms. The number of rotatable bonds is 7. The van der Waals surface area contributed by atoms with Gasteiger partial charge in [-0.1, -0.05) is 38.6 Å². The van der Waals surface area contributed by atoms with Crippen molar-refractivity contribution in [3.63, 3.8) is 0 Å². The Hall–Kier alpha value is -0.800. The van der Waals surface area contributed by atoms with Crippen molar-refractivity contribution in [2.24, 2.45) is 5.92 Å². The first-order valence-corrected chi connectivity index (χ1v) is 6.66. The van der Waals surface area contributed by atoms with Crippen LogP contribution in [0.2, 0.25) is 0 Å². The maximum Gasteiger partial charge on any atom is 0.138 e. The van der Waals surface area contributed by atoms with Crippen LogP contribution in [0.15, 0.2) is 35.3 Å². The van der Waals surface area contributed by atoms with Gasteiger partial charge in [0.25, 0.3) is 0 Å². The molecule has 0 spiro atoms. The second kappa shape index (κ2) is 7.51. The van der Waals surface area contributed by atoms with Crippen LogP contribution < -0.4 is 10.1 Å². The van der Waals surface area contributed by atoms with Crippen LogP contribution in [0.3, 0.4) is 0 Å². The molecule has 0 bridgehead atoms. The summed E-state index contributed by atoms with van der Waals surface area (Å²) in [5.74, 6) is 1.56. The zero-order chi connectivity index (χ0) is 12.7. The predicted octanol–water partition coefficient (Wildman–Crippen LogP) is 3.76. The van der Waals surface area contributed by atoms with Crippen LogP contribution in [0.25, 0.3) is 0 Å². The molecule has 0 aliphatic heterocycles. The van der Waals surface area contributed by atoms with Crippen LogP contribution in [0.4, 0.5) is 0 Å². The fourth-order valence-electron chi connectivity index (χ4n) is 1.49. The van der Waals surface area contributed by atoms with Crippen LogP contribution in [0, 0.1) is 5.92 Å². The third kappa shape index (κ3) is 4.92. The fraction of sp³-hybridized carbons (Fsp3) is 0.429. The van der Waals surface area contributed by atoms with Gasteiger partial charge in [-0.25, -0.2) is 0 Å². The summed E-state index contributed by atoms with van der Waals surface area (Å²) in [6.07, 6.45) is 1.75. The highest BCUT2D eigenvalue weighted by atomic mass is 79.9. The lowest BCUT2D eigenvalue weighted by Gasteiger charge is -2.13. The van der Waals surface area contributed by atoms with Crippen molar-refractivity contribution in [3.8, 4) is 5.75 Å². The van der Waals surface area contributed by atoms with Crippen molar-refractivity contribution in [2.75, 3.05) is 13.2 Å². The summed E-state index contributed by atoms with van der Waals surface area (Å²) in [5, 5.41) is 3.42. The van der Waals surface area contributed by atoms with E-state index >= 15 is 0 Å². The molecule has 0 saturated heterocycles. The minimum absolute atomic E-state index is 0.528. The van der Waals surface area contributed by atoms with Gasteiger partial charge in [-0.2, -0.15) is 0 Å². The van der Waals surface area contributed by atoms with Crippen LogP contribution in [0.5, 0.6) is 5.75 Å². The molecule has 1 N–H and O–H groups in total. The minimum atomic E-state index is 0.528. The van der Waals surface area contributed by atoms with Crippen LogP contribution in [-0.4, -0.2) is 13.2 Å². The molecule has 1 aromatic carbocycles. The number of ether oxygens (including phenoxy) is 1. The summed E-state index contributed by atoms with van der Waals surface area (Å²) in [7, 11) is 0. The standard InChI is InChI=1S/C14H20BrNO/c1-4-8-17-14-12(6-5-7-13(14)15)10-16-9-11(2)3/h4-7,11,16H,1,8-10H2,2-3H3. The zero-order valence-corrected chi connectivity index (χ0v) is 12.1. The van der Waals surface area contributed by atoms with Crippen molar-refractivity contribution in [2.45, 2.75) is 20.4 Å². The number of benzene rings is 1. The van der Waals surface area contributed by atoms with Crippen molar-refractivity contribution in [1.82, 2.24) is 5.32 Å². The van der Waals surface area contributed by atoms with Gasteiger partial charge in [-0.3, -0.25) is 0 Å². The zero-order valence-electron chi connectivity index (χ0n) is 10.5. The number of hydrogen-bond donors (Lipinski definition) is 1. The minimum Gasteiger partial charge on any atom is -0.488 e. The molecule has 0 saturated carbocycles. The Morgan fingerprint density at radius 1 is 1.47 bits per heavy atom. The summed E-state index contributed by atoms with van der Waals surface area (Å²) in [6.45, 7) is 10.4. The maximum absolute atomic E-state index is 5.67. The second-order valence-electron chi connectivity index (χ2n) is 4.35. The average Bonchev–Trinajstić information content (AvgIpc) is 2.28. The Bertz CT molecular complexity index is 363. The summed E-state index contributed by atoms with van der Waals surface area (Å²) < 4.78 is 6.66. The molecule has 94 valence electrons. The Morgan fingerprint density at radius 2 is 2.24 bits per heavy atom. The van der Waals surface area contributed by atoms with Gasteiger partial charge < -0.3 is 10.1 Å². The highest BCUT2D eigenvalue weighted by Crippen LogP contribution is 2.29. The van der Waals surface area contributed by atoms with Gasteiger partial charge in [-0.05, 0) is 34.5 Å². The topological polar surface area (TPSA) is 21.3 Å². The van der Waals surface area contributed by atoms with E-state index in [1.54, 1.807) is 6.08 Å². The van der Waals surface area contributed by atoms with E-state index in [9.17, 15) is 0 Å². The van der Waals surface area contributed by atoms with Crippen molar-refractivity contribution < 1.29 is 4.74 Å². The predicted molar refractivity (Wildman–Crippen MR) is 76.4 cm³/mol. The number of halogens is 1.